The van der Waals surface area contributed by atoms with Crippen molar-refractivity contribution in [3.63, 3.8) is 0 Å². The number of nitrogens with zero attached hydrogens (tertiary/aromatic N) is 1. The smallest absolute Gasteiger partial charge is 0.240 e. The Labute approximate surface area is 138 Å². The van der Waals surface area contributed by atoms with Crippen molar-refractivity contribution in [1.29, 1.82) is 0 Å². The Balaban J connectivity index is 0.00000220. The number of hydrogen-bond donors (Lipinski definition) is 2. The van der Waals surface area contributed by atoms with Gasteiger partial charge in [-0.15, -0.1) is 12.4 Å². The largest absolute Gasteiger partial charge is 0.505 e. The first-order valence-corrected chi connectivity index (χ1v) is 7.15. The van der Waals surface area contributed by atoms with E-state index in [1.54, 1.807) is 0 Å². The summed E-state index contributed by atoms with van der Waals surface area (Å²) < 4.78 is 25.7. The molecule has 1 aliphatic heterocycles. The molecule has 0 radical (unpaired) electrons. The van der Waals surface area contributed by atoms with Crippen molar-refractivity contribution in [2.24, 2.45) is 0 Å². The van der Waals surface area contributed by atoms with E-state index in [9.17, 15) is 13.9 Å². The molecule has 1 heterocycles. The Morgan fingerprint density at radius 3 is 2.19 bits per heavy atom. The molecular formula is C13H17Cl3F2N2O. The normalized spacial score (nSPS) is 17.6. The van der Waals surface area contributed by atoms with Gasteiger partial charge in [0.1, 0.15) is 0 Å². The van der Waals surface area contributed by atoms with Crippen LogP contribution in [0.4, 0.5) is 8.78 Å². The summed E-state index contributed by atoms with van der Waals surface area (Å²) in [5.41, 5.74) is 0.611. The average Bonchev–Trinajstić information content (AvgIpc) is 2.42. The van der Waals surface area contributed by atoms with Crippen LogP contribution in [0.2, 0.25) is 10.0 Å². The van der Waals surface area contributed by atoms with Crippen LogP contribution in [0.25, 0.3) is 0 Å². The van der Waals surface area contributed by atoms with Crippen LogP contribution in [0.15, 0.2) is 12.1 Å². The molecule has 0 saturated carbocycles. The lowest BCUT2D eigenvalue weighted by molar-refractivity contribution is 0.0739. The summed E-state index contributed by atoms with van der Waals surface area (Å²) in [5, 5.41) is 12.9. The minimum absolute atomic E-state index is 0. The first-order valence-electron chi connectivity index (χ1n) is 6.40. The zero-order valence-corrected chi connectivity index (χ0v) is 13.5. The number of piperazine rings is 1. The van der Waals surface area contributed by atoms with E-state index in [1.165, 1.54) is 12.1 Å². The number of hydrogen-bond acceptors (Lipinski definition) is 3. The molecular weight excluding hydrogens is 345 g/mol. The van der Waals surface area contributed by atoms with Gasteiger partial charge in [-0.2, -0.15) is 0 Å². The molecule has 3 nitrogen and oxygen atoms in total. The Bertz CT molecular complexity index is 448. The molecule has 120 valence electrons. The number of benzene rings is 1. The van der Waals surface area contributed by atoms with Crippen molar-refractivity contribution in [3.8, 4) is 5.75 Å². The van der Waals surface area contributed by atoms with Gasteiger partial charge in [-0.1, -0.05) is 23.2 Å². The maximum atomic E-state index is 12.8. The van der Waals surface area contributed by atoms with Gasteiger partial charge in [0.2, 0.25) is 6.43 Å². The van der Waals surface area contributed by atoms with E-state index >= 15 is 0 Å². The fraction of sp³-hybridized carbons (Fsp3) is 0.538. The fourth-order valence-electron chi connectivity index (χ4n) is 2.44. The van der Waals surface area contributed by atoms with E-state index in [0.29, 0.717) is 18.7 Å². The molecule has 8 heteroatoms. The van der Waals surface area contributed by atoms with Crippen molar-refractivity contribution in [3.05, 3.63) is 27.7 Å². The number of phenols is 1. The number of rotatable bonds is 4. The van der Waals surface area contributed by atoms with E-state index in [2.05, 4.69) is 5.32 Å². The highest BCUT2D eigenvalue weighted by atomic mass is 35.5. The lowest BCUT2D eigenvalue weighted by Crippen LogP contribution is -2.45. The van der Waals surface area contributed by atoms with Gasteiger partial charge in [0.05, 0.1) is 10.0 Å². The van der Waals surface area contributed by atoms with Crippen molar-refractivity contribution < 1.29 is 13.9 Å². The molecule has 0 aliphatic carbocycles. The monoisotopic (exact) mass is 360 g/mol. The Morgan fingerprint density at radius 2 is 1.71 bits per heavy atom. The molecule has 2 N–H and O–H groups in total. The van der Waals surface area contributed by atoms with Gasteiger partial charge in [0, 0.05) is 38.6 Å². The third-order valence-electron chi connectivity index (χ3n) is 3.42. The Hall–Kier alpha value is -0.330. The van der Waals surface area contributed by atoms with Crippen LogP contribution in [0.5, 0.6) is 5.75 Å². The topological polar surface area (TPSA) is 35.5 Å². The summed E-state index contributed by atoms with van der Waals surface area (Å²) in [6.07, 6.45) is -2.70. The second kappa shape index (κ2) is 8.34. The van der Waals surface area contributed by atoms with E-state index in [4.69, 9.17) is 23.2 Å². The second-order valence-electron chi connectivity index (χ2n) is 4.76. The predicted octanol–water partition coefficient (Wildman–Crippen LogP) is 3.72. The van der Waals surface area contributed by atoms with Gasteiger partial charge in [-0.3, -0.25) is 4.90 Å². The third-order valence-corrected chi connectivity index (χ3v) is 3.99. The minimum Gasteiger partial charge on any atom is -0.505 e. The zero-order chi connectivity index (χ0) is 14.7. The van der Waals surface area contributed by atoms with Gasteiger partial charge in [0.15, 0.2) is 5.75 Å². The van der Waals surface area contributed by atoms with Crippen molar-refractivity contribution in [1.82, 2.24) is 10.2 Å². The van der Waals surface area contributed by atoms with Crippen LogP contribution in [0, 0.1) is 0 Å². The summed E-state index contributed by atoms with van der Waals surface area (Å²) in [4.78, 5) is 1.99. The molecule has 0 spiro atoms. The van der Waals surface area contributed by atoms with E-state index in [-0.39, 0.29) is 34.6 Å². The van der Waals surface area contributed by atoms with Crippen LogP contribution in [-0.4, -0.2) is 42.6 Å². The molecule has 0 aromatic heterocycles. The Morgan fingerprint density at radius 1 is 1.19 bits per heavy atom. The van der Waals surface area contributed by atoms with Gasteiger partial charge in [-0.25, -0.2) is 8.78 Å². The third kappa shape index (κ3) is 4.83. The molecule has 1 fully saturated rings. The van der Waals surface area contributed by atoms with E-state index in [1.807, 2.05) is 4.90 Å². The predicted molar refractivity (Wildman–Crippen MR) is 83.2 cm³/mol. The maximum absolute atomic E-state index is 12.8. The molecule has 0 unspecified atom stereocenters. The highest BCUT2D eigenvalue weighted by Gasteiger charge is 2.26. The molecule has 1 atom stereocenters. The number of alkyl halides is 2. The first-order chi connectivity index (χ1) is 9.49. The van der Waals surface area contributed by atoms with Gasteiger partial charge < -0.3 is 10.4 Å². The molecule has 1 aromatic carbocycles. The molecule has 2 rings (SSSR count). The van der Waals surface area contributed by atoms with Crippen LogP contribution in [0.3, 0.4) is 0 Å². The SMILES string of the molecule is Cl.Oc1c(Cl)cc([C@H](CC(F)F)N2CCNCC2)cc1Cl. The molecule has 1 saturated heterocycles. The lowest BCUT2D eigenvalue weighted by atomic mass is 10.0. The average molecular weight is 362 g/mol. The minimum atomic E-state index is -2.42. The highest BCUT2D eigenvalue weighted by molar-refractivity contribution is 6.37. The molecule has 0 bridgehead atoms. The van der Waals surface area contributed by atoms with Crippen LogP contribution >= 0.6 is 35.6 Å². The summed E-state index contributed by atoms with van der Waals surface area (Å²) in [6.45, 7) is 2.90. The summed E-state index contributed by atoms with van der Waals surface area (Å²) in [6, 6.07) is 2.57. The molecule has 21 heavy (non-hydrogen) atoms. The van der Waals surface area contributed by atoms with Crippen LogP contribution in [0.1, 0.15) is 18.0 Å². The number of nitrogens with one attached hydrogen (secondary N) is 1. The van der Waals surface area contributed by atoms with Crippen LogP contribution in [-0.2, 0) is 0 Å². The molecule has 0 amide bonds. The van der Waals surface area contributed by atoms with Gasteiger partial charge in [-0.05, 0) is 17.7 Å². The number of halogens is 5. The van der Waals surface area contributed by atoms with Crippen molar-refractivity contribution >= 4 is 35.6 Å². The summed E-state index contributed by atoms with van der Waals surface area (Å²) in [5.74, 6) is -0.215. The number of aromatic hydroxyl groups is 1. The van der Waals surface area contributed by atoms with Gasteiger partial charge in [0.25, 0.3) is 0 Å². The van der Waals surface area contributed by atoms with E-state index < -0.39 is 12.5 Å². The van der Waals surface area contributed by atoms with Gasteiger partial charge >= 0.3 is 0 Å². The van der Waals surface area contributed by atoms with Crippen molar-refractivity contribution in [2.75, 3.05) is 26.2 Å². The standard InChI is InChI=1S/C13H16Cl2F2N2O.ClH/c14-9-5-8(6-10(15)13(9)20)11(7-12(16)17)19-3-1-18-2-4-19;/h5-6,11-12,18,20H,1-4,7H2;1H/t11-;/m0./s1. The maximum Gasteiger partial charge on any atom is 0.240 e. The summed E-state index contributed by atoms with van der Waals surface area (Å²) in [7, 11) is 0. The Kier molecular flexibility index (Phi) is 7.44. The highest BCUT2D eigenvalue weighted by Crippen LogP contribution is 2.37. The zero-order valence-electron chi connectivity index (χ0n) is 11.2. The van der Waals surface area contributed by atoms with Crippen LogP contribution < -0.4 is 5.32 Å². The first kappa shape index (κ1) is 18.7. The van der Waals surface area contributed by atoms with E-state index in [0.717, 1.165) is 13.1 Å². The molecule has 1 aromatic rings. The quantitative estimate of drug-likeness (QED) is 0.858. The summed E-state index contributed by atoms with van der Waals surface area (Å²) >= 11 is 11.8. The fourth-order valence-corrected chi connectivity index (χ4v) is 2.94. The molecule has 1 aliphatic rings. The van der Waals surface area contributed by atoms with Crippen molar-refractivity contribution in [2.45, 2.75) is 18.9 Å². The number of phenolic OH excluding ortho intramolecular Hbond substituents is 1. The second-order valence-corrected chi connectivity index (χ2v) is 5.58. The lowest BCUT2D eigenvalue weighted by Gasteiger charge is -2.35.